The normalized spacial score (nSPS) is 12.0. The highest BCUT2D eigenvalue weighted by Gasteiger charge is 2.13. The summed E-state index contributed by atoms with van der Waals surface area (Å²) < 4.78 is 0. The lowest BCUT2D eigenvalue weighted by molar-refractivity contribution is 1.37. The van der Waals surface area contributed by atoms with Crippen LogP contribution in [0.5, 0.6) is 0 Å². The van der Waals surface area contributed by atoms with Gasteiger partial charge in [-0.1, -0.05) is 109 Å². The van der Waals surface area contributed by atoms with Crippen molar-refractivity contribution in [2.75, 3.05) is 0 Å². The average molecular weight is 507 g/mol. The van der Waals surface area contributed by atoms with Gasteiger partial charge in [-0.3, -0.25) is 4.98 Å². The van der Waals surface area contributed by atoms with E-state index < -0.39 is 0 Å². The van der Waals surface area contributed by atoms with Gasteiger partial charge in [0.15, 0.2) is 0 Å². The average Bonchev–Trinajstić information content (AvgIpc) is 3.03. The third-order valence-corrected chi connectivity index (χ3v) is 8.43. The van der Waals surface area contributed by atoms with Crippen molar-refractivity contribution in [2.45, 2.75) is 0 Å². The van der Waals surface area contributed by atoms with Crippen LogP contribution in [0.4, 0.5) is 0 Å². The van der Waals surface area contributed by atoms with E-state index in [1.54, 1.807) is 0 Å². The van der Waals surface area contributed by atoms with Crippen LogP contribution in [0.25, 0.3) is 86.9 Å². The smallest absolute Gasteiger partial charge is 0.0972 e. The lowest BCUT2D eigenvalue weighted by Crippen LogP contribution is -1.90. The molecular weight excluding hydrogens is 484 g/mol. The van der Waals surface area contributed by atoms with Crippen molar-refractivity contribution in [3.63, 3.8) is 0 Å². The lowest BCUT2D eigenvalue weighted by atomic mass is 9.90. The quantitative estimate of drug-likeness (QED) is 0.207. The molecule has 0 radical (unpaired) electrons. The fraction of sp³-hybridized carbons (Fsp3) is 0. The van der Waals surface area contributed by atoms with Crippen molar-refractivity contribution in [1.29, 1.82) is 0 Å². The van der Waals surface area contributed by atoms with Gasteiger partial charge < -0.3 is 0 Å². The van der Waals surface area contributed by atoms with Crippen LogP contribution in [0.3, 0.4) is 0 Å². The van der Waals surface area contributed by atoms with Crippen molar-refractivity contribution in [3.8, 4) is 11.3 Å². The zero-order chi connectivity index (χ0) is 26.2. The van der Waals surface area contributed by atoms with Crippen LogP contribution in [-0.2, 0) is 0 Å². The minimum atomic E-state index is 0.938. The van der Waals surface area contributed by atoms with E-state index in [1.165, 1.54) is 53.9 Å². The molecule has 184 valence electrons. The number of hydrogen-bond acceptors (Lipinski definition) is 2. The molecule has 0 fully saturated rings. The fourth-order valence-electron chi connectivity index (χ4n) is 6.60. The van der Waals surface area contributed by atoms with Crippen LogP contribution < -0.4 is 0 Å². The highest BCUT2D eigenvalue weighted by molar-refractivity contribution is 6.32. The zero-order valence-corrected chi connectivity index (χ0v) is 21.6. The van der Waals surface area contributed by atoms with E-state index >= 15 is 0 Å². The van der Waals surface area contributed by atoms with Gasteiger partial charge in [0.25, 0.3) is 0 Å². The molecule has 0 saturated heterocycles. The lowest BCUT2D eigenvalue weighted by Gasteiger charge is -2.14. The fourth-order valence-corrected chi connectivity index (χ4v) is 6.60. The molecular formula is C38H22N2. The molecule has 0 unspecified atom stereocenters. The van der Waals surface area contributed by atoms with Gasteiger partial charge in [-0.05, 0) is 72.1 Å². The summed E-state index contributed by atoms with van der Waals surface area (Å²) in [6.07, 6.45) is 1.84. The molecule has 9 aromatic rings. The van der Waals surface area contributed by atoms with Gasteiger partial charge in [-0.25, -0.2) is 4.98 Å². The Labute approximate surface area is 230 Å². The molecule has 0 aliphatic rings. The standard InChI is InChI=1S/C38H22N2/c1-2-10-29-28(9-1)31-11-3-6-23-13-14-24-7-4-12-32(36(24)35(23)31)30-19-17-27(22-33(29)30)34-20-18-26-16-15-25-8-5-21-39-37(25)38(26)40-34/h1-22H. The molecule has 0 atom stereocenters. The molecule has 7 aromatic carbocycles. The predicted molar refractivity (Wildman–Crippen MR) is 170 cm³/mol. The number of fused-ring (bicyclic) bond motifs is 8. The number of pyridine rings is 2. The minimum Gasteiger partial charge on any atom is -0.254 e. The first kappa shape index (κ1) is 21.6. The summed E-state index contributed by atoms with van der Waals surface area (Å²) >= 11 is 0. The van der Waals surface area contributed by atoms with Crippen LogP contribution in [0.15, 0.2) is 134 Å². The summed E-state index contributed by atoms with van der Waals surface area (Å²) in [5.74, 6) is 0. The van der Waals surface area contributed by atoms with Gasteiger partial charge in [0.2, 0.25) is 0 Å². The first-order valence-corrected chi connectivity index (χ1v) is 13.7. The molecule has 2 aromatic heterocycles. The van der Waals surface area contributed by atoms with Gasteiger partial charge in [0, 0.05) is 22.5 Å². The van der Waals surface area contributed by atoms with E-state index in [9.17, 15) is 0 Å². The molecule has 0 spiro atoms. The Kier molecular flexibility index (Phi) is 4.36. The third-order valence-electron chi connectivity index (χ3n) is 8.43. The van der Waals surface area contributed by atoms with Crippen molar-refractivity contribution in [3.05, 3.63) is 134 Å². The van der Waals surface area contributed by atoms with E-state index in [0.717, 1.165) is 33.1 Å². The highest BCUT2D eigenvalue weighted by Crippen LogP contribution is 2.41. The third kappa shape index (κ3) is 2.99. The van der Waals surface area contributed by atoms with E-state index in [-0.39, 0.29) is 0 Å². The summed E-state index contributed by atoms with van der Waals surface area (Å²) in [6.45, 7) is 0. The second-order valence-corrected chi connectivity index (χ2v) is 10.6. The molecule has 0 N–H and O–H groups in total. The molecule has 0 aliphatic carbocycles. The molecule has 0 bridgehead atoms. The molecule has 0 aliphatic heterocycles. The molecule has 0 saturated carbocycles. The summed E-state index contributed by atoms with van der Waals surface area (Å²) in [7, 11) is 0. The monoisotopic (exact) mass is 506 g/mol. The van der Waals surface area contributed by atoms with E-state index in [4.69, 9.17) is 4.98 Å². The number of hydrogen-bond donors (Lipinski definition) is 0. The van der Waals surface area contributed by atoms with Gasteiger partial charge >= 0.3 is 0 Å². The maximum Gasteiger partial charge on any atom is 0.0972 e. The van der Waals surface area contributed by atoms with E-state index in [2.05, 4.69) is 126 Å². The first-order chi connectivity index (χ1) is 19.8. The first-order valence-electron chi connectivity index (χ1n) is 13.7. The Morgan fingerprint density at radius 2 is 0.950 bits per heavy atom. The van der Waals surface area contributed by atoms with E-state index in [0.29, 0.717) is 0 Å². The summed E-state index contributed by atoms with van der Waals surface area (Å²) in [5.41, 5.74) is 3.93. The van der Waals surface area contributed by atoms with Crippen LogP contribution in [0.1, 0.15) is 0 Å². The Hall–Kier alpha value is -5.34. The maximum atomic E-state index is 5.16. The number of aromatic nitrogens is 2. The Balaban J connectivity index is 1.45. The Morgan fingerprint density at radius 1 is 0.375 bits per heavy atom. The summed E-state index contributed by atoms with van der Waals surface area (Å²) in [5, 5.41) is 14.9. The predicted octanol–water partition coefficient (Wildman–Crippen LogP) is 10.2. The second-order valence-electron chi connectivity index (χ2n) is 10.6. The molecule has 2 heteroatoms. The highest BCUT2D eigenvalue weighted by atomic mass is 14.7. The van der Waals surface area contributed by atoms with Crippen molar-refractivity contribution in [2.24, 2.45) is 0 Å². The Morgan fingerprint density at radius 3 is 1.70 bits per heavy atom. The topological polar surface area (TPSA) is 25.8 Å². The number of nitrogens with zero attached hydrogens (tertiary/aromatic N) is 2. The minimum absolute atomic E-state index is 0.938. The van der Waals surface area contributed by atoms with Crippen molar-refractivity contribution >= 4 is 75.7 Å². The van der Waals surface area contributed by atoms with Crippen LogP contribution in [0.2, 0.25) is 0 Å². The molecule has 2 heterocycles. The summed E-state index contributed by atoms with van der Waals surface area (Å²) in [4.78, 5) is 9.83. The summed E-state index contributed by atoms with van der Waals surface area (Å²) in [6, 6.07) is 46.1. The van der Waals surface area contributed by atoms with Gasteiger partial charge in [-0.2, -0.15) is 0 Å². The SMILES string of the molecule is c1cnc2c(c1)ccc1ccc(-c3ccc4c(c3)c3ccccc3c3cccc5ccc6cccc4c6c53)nc12. The van der Waals surface area contributed by atoms with Crippen LogP contribution >= 0.6 is 0 Å². The molecule has 9 rings (SSSR count). The van der Waals surface area contributed by atoms with E-state index in [1.807, 2.05) is 12.3 Å². The zero-order valence-electron chi connectivity index (χ0n) is 21.6. The van der Waals surface area contributed by atoms with Gasteiger partial charge in [-0.15, -0.1) is 0 Å². The van der Waals surface area contributed by atoms with Crippen molar-refractivity contribution < 1.29 is 0 Å². The second kappa shape index (κ2) is 8.08. The van der Waals surface area contributed by atoms with Gasteiger partial charge in [0.1, 0.15) is 0 Å². The van der Waals surface area contributed by atoms with Gasteiger partial charge in [0.05, 0.1) is 16.7 Å². The van der Waals surface area contributed by atoms with Crippen molar-refractivity contribution in [1.82, 2.24) is 9.97 Å². The molecule has 0 amide bonds. The number of benzene rings is 6. The molecule has 2 nitrogen and oxygen atoms in total. The van der Waals surface area contributed by atoms with Crippen LogP contribution in [-0.4, -0.2) is 9.97 Å². The van der Waals surface area contributed by atoms with Crippen LogP contribution in [0, 0.1) is 0 Å². The maximum absolute atomic E-state index is 5.16. The molecule has 40 heavy (non-hydrogen) atoms. The number of rotatable bonds is 1. The Bertz CT molecular complexity index is 2490. The largest absolute Gasteiger partial charge is 0.254 e.